The molecule has 0 heterocycles. The van der Waals surface area contributed by atoms with Crippen LogP contribution in [0.3, 0.4) is 0 Å². The topological polar surface area (TPSA) is 17.1 Å². The van der Waals surface area contributed by atoms with E-state index in [4.69, 9.17) is 0 Å². The second-order valence-corrected chi connectivity index (χ2v) is 2.80. The number of hydrogen-bond acceptors (Lipinski definition) is 1. The Morgan fingerprint density at radius 3 is 2.60 bits per heavy atom. The lowest BCUT2D eigenvalue weighted by Gasteiger charge is -1.96. The molecule has 0 N–H and O–H groups in total. The van der Waals surface area contributed by atoms with Gasteiger partial charge in [0.15, 0.2) is 5.78 Å². The van der Waals surface area contributed by atoms with Crippen LogP contribution in [0.5, 0.6) is 0 Å². The first-order chi connectivity index (χ1) is 4.84. The van der Waals surface area contributed by atoms with Crippen LogP contribution in [0.2, 0.25) is 0 Å². The van der Waals surface area contributed by atoms with Gasteiger partial charge in [0.05, 0.1) is 0 Å². The molecule has 1 nitrogen and oxygen atoms in total. The summed E-state index contributed by atoms with van der Waals surface area (Å²) in [4.78, 5) is 11.2. The van der Waals surface area contributed by atoms with Crippen LogP contribution in [0.4, 0.5) is 0 Å². The van der Waals surface area contributed by atoms with Gasteiger partial charge in [0.25, 0.3) is 0 Å². The number of carbonyl (C=O) groups excluding carboxylic acids is 1. The molecule has 1 fully saturated rings. The van der Waals surface area contributed by atoms with Crippen molar-refractivity contribution in [3.05, 3.63) is 11.6 Å². The Morgan fingerprint density at radius 1 is 1.20 bits per heavy atom. The lowest BCUT2D eigenvalue weighted by atomic mass is 10.1. The number of hydrogen-bond donors (Lipinski definition) is 0. The van der Waals surface area contributed by atoms with E-state index in [1.807, 2.05) is 13.0 Å². The van der Waals surface area contributed by atoms with Crippen molar-refractivity contribution in [3.63, 3.8) is 0 Å². The molecule has 0 unspecified atom stereocenters. The lowest BCUT2D eigenvalue weighted by Crippen LogP contribution is -1.98. The van der Waals surface area contributed by atoms with E-state index in [-0.39, 0.29) is 0 Å². The van der Waals surface area contributed by atoms with Gasteiger partial charge in [-0.3, -0.25) is 4.79 Å². The predicted molar refractivity (Wildman–Crippen MR) is 41.8 cm³/mol. The Morgan fingerprint density at radius 2 is 1.90 bits per heavy atom. The molecule has 0 amide bonds. The molecular formula is C9H14O. The van der Waals surface area contributed by atoms with Crippen LogP contribution < -0.4 is 0 Å². The molecule has 1 saturated carbocycles. The first-order valence-electron chi connectivity index (χ1n) is 4.03. The van der Waals surface area contributed by atoms with Crippen molar-refractivity contribution in [3.8, 4) is 0 Å². The Labute approximate surface area is 62.1 Å². The Balaban J connectivity index is 2.61. The number of allylic oxidation sites excluding steroid dienone is 2. The van der Waals surface area contributed by atoms with Gasteiger partial charge in [0.2, 0.25) is 0 Å². The molecule has 0 atom stereocenters. The largest absolute Gasteiger partial charge is 0.295 e. The zero-order valence-corrected chi connectivity index (χ0v) is 6.52. The van der Waals surface area contributed by atoms with E-state index >= 15 is 0 Å². The van der Waals surface area contributed by atoms with Gasteiger partial charge >= 0.3 is 0 Å². The quantitative estimate of drug-likeness (QED) is 0.371. The molecule has 0 aromatic carbocycles. The van der Waals surface area contributed by atoms with Crippen molar-refractivity contribution in [2.45, 2.75) is 39.0 Å². The molecule has 0 spiro atoms. The molecule has 1 aliphatic carbocycles. The highest BCUT2D eigenvalue weighted by Crippen LogP contribution is 2.18. The number of Topliss-reactive ketones (excluding diaryl/α,β-unsaturated/α-hetero) is 1. The molecule has 0 bridgehead atoms. The van der Waals surface area contributed by atoms with Gasteiger partial charge in [0.1, 0.15) is 0 Å². The Bertz CT molecular complexity index is 156. The average Bonchev–Trinajstić information content (AvgIpc) is 2.13. The van der Waals surface area contributed by atoms with Crippen molar-refractivity contribution < 1.29 is 4.79 Å². The SMILES string of the molecule is CC=C1CCCCCC1=O. The molecule has 0 aliphatic heterocycles. The summed E-state index contributed by atoms with van der Waals surface area (Å²) in [6.07, 6.45) is 7.27. The smallest absolute Gasteiger partial charge is 0.158 e. The summed E-state index contributed by atoms with van der Waals surface area (Å²) in [5.74, 6) is 0.375. The second-order valence-electron chi connectivity index (χ2n) is 2.80. The summed E-state index contributed by atoms with van der Waals surface area (Å²) >= 11 is 0. The van der Waals surface area contributed by atoms with E-state index in [0.717, 1.165) is 24.8 Å². The van der Waals surface area contributed by atoms with Crippen molar-refractivity contribution in [1.82, 2.24) is 0 Å². The van der Waals surface area contributed by atoms with Crippen LogP contribution in [0.25, 0.3) is 0 Å². The first kappa shape index (κ1) is 7.52. The molecule has 1 aliphatic rings. The minimum Gasteiger partial charge on any atom is -0.295 e. The number of carbonyl (C=O) groups is 1. The van der Waals surface area contributed by atoms with E-state index in [2.05, 4.69) is 0 Å². The molecule has 0 aromatic rings. The van der Waals surface area contributed by atoms with E-state index in [9.17, 15) is 4.79 Å². The van der Waals surface area contributed by atoms with Crippen molar-refractivity contribution in [2.75, 3.05) is 0 Å². The van der Waals surface area contributed by atoms with E-state index in [1.165, 1.54) is 12.8 Å². The summed E-state index contributed by atoms with van der Waals surface area (Å²) < 4.78 is 0. The van der Waals surface area contributed by atoms with E-state index < -0.39 is 0 Å². The molecular weight excluding hydrogens is 124 g/mol. The third-order valence-corrected chi connectivity index (χ3v) is 2.06. The van der Waals surface area contributed by atoms with Gasteiger partial charge in [-0.25, -0.2) is 0 Å². The summed E-state index contributed by atoms with van der Waals surface area (Å²) in [6.45, 7) is 1.96. The maximum Gasteiger partial charge on any atom is 0.158 e. The highest BCUT2D eigenvalue weighted by Gasteiger charge is 2.11. The molecule has 0 radical (unpaired) electrons. The first-order valence-corrected chi connectivity index (χ1v) is 4.03. The molecule has 1 rings (SSSR count). The number of ketones is 1. The highest BCUT2D eigenvalue weighted by molar-refractivity contribution is 5.95. The summed E-state index contributed by atoms with van der Waals surface area (Å²) in [7, 11) is 0. The molecule has 0 aromatic heterocycles. The van der Waals surface area contributed by atoms with Gasteiger partial charge in [-0.05, 0) is 31.8 Å². The third-order valence-electron chi connectivity index (χ3n) is 2.06. The van der Waals surface area contributed by atoms with Crippen LogP contribution in [0.1, 0.15) is 39.0 Å². The van der Waals surface area contributed by atoms with Crippen LogP contribution >= 0.6 is 0 Å². The third kappa shape index (κ3) is 1.69. The average molecular weight is 138 g/mol. The van der Waals surface area contributed by atoms with Crippen LogP contribution in [0.15, 0.2) is 11.6 Å². The zero-order valence-electron chi connectivity index (χ0n) is 6.52. The molecule has 0 saturated heterocycles. The standard InChI is InChI=1S/C9H14O/c1-2-8-6-4-3-5-7-9(8)10/h2H,3-7H2,1H3. The Kier molecular flexibility index (Phi) is 2.67. The maximum absolute atomic E-state index is 11.2. The zero-order chi connectivity index (χ0) is 7.40. The van der Waals surface area contributed by atoms with Gasteiger partial charge in [-0.2, -0.15) is 0 Å². The van der Waals surface area contributed by atoms with Gasteiger partial charge in [-0.15, -0.1) is 0 Å². The van der Waals surface area contributed by atoms with E-state index in [1.54, 1.807) is 0 Å². The van der Waals surface area contributed by atoms with Crippen LogP contribution in [0, 0.1) is 0 Å². The van der Waals surface area contributed by atoms with Crippen molar-refractivity contribution in [2.24, 2.45) is 0 Å². The molecule has 56 valence electrons. The number of rotatable bonds is 0. The van der Waals surface area contributed by atoms with E-state index in [0.29, 0.717) is 5.78 Å². The van der Waals surface area contributed by atoms with Crippen molar-refractivity contribution >= 4 is 5.78 Å². The fourth-order valence-corrected chi connectivity index (χ4v) is 1.38. The summed E-state index contributed by atoms with van der Waals surface area (Å²) in [5.41, 5.74) is 1.05. The fraction of sp³-hybridized carbons (Fsp3) is 0.667. The summed E-state index contributed by atoms with van der Waals surface area (Å²) in [6, 6.07) is 0. The van der Waals surface area contributed by atoms with Crippen LogP contribution in [-0.2, 0) is 4.79 Å². The summed E-state index contributed by atoms with van der Waals surface area (Å²) in [5, 5.41) is 0. The fourth-order valence-electron chi connectivity index (χ4n) is 1.38. The monoisotopic (exact) mass is 138 g/mol. The van der Waals surface area contributed by atoms with Crippen LogP contribution in [-0.4, -0.2) is 5.78 Å². The Hall–Kier alpha value is -0.590. The maximum atomic E-state index is 11.2. The van der Waals surface area contributed by atoms with Crippen molar-refractivity contribution in [1.29, 1.82) is 0 Å². The minimum atomic E-state index is 0.375. The second kappa shape index (κ2) is 3.55. The molecule has 10 heavy (non-hydrogen) atoms. The van der Waals surface area contributed by atoms with Gasteiger partial charge in [-0.1, -0.05) is 12.5 Å². The lowest BCUT2D eigenvalue weighted by molar-refractivity contribution is -0.115. The predicted octanol–water partition coefficient (Wildman–Crippen LogP) is 2.47. The minimum absolute atomic E-state index is 0.375. The molecule has 1 heteroatoms. The highest BCUT2D eigenvalue weighted by atomic mass is 16.1. The van der Waals surface area contributed by atoms with Gasteiger partial charge < -0.3 is 0 Å². The van der Waals surface area contributed by atoms with Gasteiger partial charge in [0, 0.05) is 6.42 Å². The normalized spacial score (nSPS) is 24.9.